The molecule has 24 heavy (non-hydrogen) atoms. The molecule has 1 atom stereocenters. The molecule has 0 radical (unpaired) electrons. The monoisotopic (exact) mass is 326 g/mol. The predicted octanol–water partition coefficient (Wildman–Crippen LogP) is 2.09. The first kappa shape index (κ1) is 17.2. The Labute approximate surface area is 139 Å². The fourth-order valence-electron chi connectivity index (χ4n) is 2.18. The van der Waals surface area contributed by atoms with Crippen LogP contribution in [0.5, 0.6) is 0 Å². The topological polar surface area (TPSA) is 97.0 Å². The summed E-state index contributed by atoms with van der Waals surface area (Å²) in [5, 5.41) is 15.8. The first-order valence-corrected chi connectivity index (χ1v) is 7.35. The van der Waals surface area contributed by atoms with E-state index in [2.05, 4.69) is 10.4 Å². The molecule has 1 aromatic heterocycles. The molecule has 0 saturated heterocycles. The van der Waals surface area contributed by atoms with E-state index in [1.807, 2.05) is 13.0 Å². The Morgan fingerprint density at radius 2 is 2.08 bits per heavy atom. The van der Waals surface area contributed by atoms with E-state index in [-0.39, 0.29) is 5.56 Å². The van der Waals surface area contributed by atoms with Crippen molar-refractivity contribution in [1.29, 1.82) is 5.26 Å². The third-order valence-electron chi connectivity index (χ3n) is 3.64. The van der Waals surface area contributed by atoms with Gasteiger partial charge in [0.05, 0.1) is 34.3 Å². The average Bonchev–Trinajstić information content (AvgIpc) is 2.80. The van der Waals surface area contributed by atoms with Gasteiger partial charge >= 0.3 is 5.97 Å². The van der Waals surface area contributed by atoms with Crippen molar-refractivity contribution in [3.05, 3.63) is 46.8 Å². The van der Waals surface area contributed by atoms with Gasteiger partial charge in [0.2, 0.25) is 0 Å². The minimum Gasteiger partial charge on any atom is -0.449 e. The minimum atomic E-state index is -0.984. The highest BCUT2D eigenvalue weighted by atomic mass is 16.5. The van der Waals surface area contributed by atoms with Gasteiger partial charge in [0.25, 0.3) is 5.91 Å². The number of esters is 1. The van der Waals surface area contributed by atoms with Crippen LogP contribution in [0, 0.1) is 25.2 Å². The van der Waals surface area contributed by atoms with Crippen molar-refractivity contribution in [3.8, 4) is 6.07 Å². The Balaban J connectivity index is 2.06. The predicted molar refractivity (Wildman–Crippen MR) is 87.3 cm³/mol. The zero-order valence-corrected chi connectivity index (χ0v) is 14.0. The number of aromatic nitrogens is 2. The molecule has 1 N–H and O–H groups in total. The molecule has 0 aliphatic rings. The van der Waals surface area contributed by atoms with E-state index in [0.717, 1.165) is 5.69 Å². The largest absolute Gasteiger partial charge is 0.449 e. The summed E-state index contributed by atoms with van der Waals surface area (Å²) in [4.78, 5) is 24.3. The number of nitrogens with zero attached hydrogens (tertiary/aromatic N) is 3. The molecule has 0 unspecified atom stereocenters. The van der Waals surface area contributed by atoms with Crippen LogP contribution < -0.4 is 5.32 Å². The highest BCUT2D eigenvalue weighted by molar-refractivity contribution is 5.98. The second-order valence-electron chi connectivity index (χ2n) is 5.40. The fourth-order valence-corrected chi connectivity index (χ4v) is 2.18. The number of nitrogens with one attached hydrogen (secondary N) is 1. The van der Waals surface area contributed by atoms with Crippen LogP contribution >= 0.6 is 0 Å². The molecule has 1 amide bonds. The van der Waals surface area contributed by atoms with Gasteiger partial charge in [-0.1, -0.05) is 6.07 Å². The van der Waals surface area contributed by atoms with Crippen molar-refractivity contribution in [3.63, 3.8) is 0 Å². The molecule has 2 aromatic rings. The Kier molecular flexibility index (Phi) is 4.99. The summed E-state index contributed by atoms with van der Waals surface area (Å²) < 4.78 is 6.83. The molecule has 0 fully saturated rings. The molecule has 0 aliphatic carbocycles. The average molecular weight is 326 g/mol. The number of carbonyl (C=O) groups excluding carboxylic acids is 2. The van der Waals surface area contributed by atoms with Crippen LogP contribution in [0.1, 0.15) is 34.2 Å². The van der Waals surface area contributed by atoms with E-state index in [4.69, 9.17) is 10.00 Å². The molecule has 124 valence electrons. The summed E-state index contributed by atoms with van der Waals surface area (Å²) in [6, 6.07) is 8.07. The molecule has 7 nitrogen and oxygen atoms in total. The van der Waals surface area contributed by atoms with Crippen molar-refractivity contribution in [2.75, 3.05) is 5.32 Å². The highest BCUT2D eigenvalue weighted by Gasteiger charge is 2.21. The maximum atomic E-state index is 12.2. The molecule has 0 bridgehead atoms. The molecule has 1 heterocycles. The van der Waals surface area contributed by atoms with Gasteiger partial charge < -0.3 is 10.1 Å². The lowest BCUT2D eigenvalue weighted by Gasteiger charge is -2.14. The van der Waals surface area contributed by atoms with Crippen molar-refractivity contribution < 1.29 is 14.3 Å². The lowest BCUT2D eigenvalue weighted by atomic mass is 10.1. The summed E-state index contributed by atoms with van der Waals surface area (Å²) in [6.45, 7) is 5.11. The lowest BCUT2D eigenvalue weighted by molar-refractivity contribution is -0.123. The zero-order valence-electron chi connectivity index (χ0n) is 14.0. The molecular formula is C17H18N4O3. The summed E-state index contributed by atoms with van der Waals surface area (Å²) in [5.74, 6) is -1.10. The first-order valence-electron chi connectivity index (χ1n) is 7.35. The van der Waals surface area contributed by atoms with Crippen molar-refractivity contribution in [2.45, 2.75) is 26.9 Å². The van der Waals surface area contributed by atoms with Gasteiger partial charge in [-0.3, -0.25) is 9.48 Å². The highest BCUT2D eigenvalue weighted by Crippen LogP contribution is 2.19. The van der Waals surface area contributed by atoms with E-state index in [0.29, 0.717) is 16.9 Å². The molecule has 7 heteroatoms. The zero-order chi connectivity index (χ0) is 17.9. The molecule has 1 aromatic carbocycles. The number of amides is 1. The number of carbonyl (C=O) groups is 2. The maximum absolute atomic E-state index is 12.2. The van der Waals surface area contributed by atoms with Gasteiger partial charge in [-0.15, -0.1) is 0 Å². The summed E-state index contributed by atoms with van der Waals surface area (Å²) >= 11 is 0. The Morgan fingerprint density at radius 3 is 2.67 bits per heavy atom. The van der Waals surface area contributed by atoms with Crippen LogP contribution in [0.4, 0.5) is 5.69 Å². The first-order chi connectivity index (χ1) is 11.3. The number of rotatable bonds is 4. The van der Waals surface area contributed by atoms with Crippen LogP contribution in [0.3, 0.4) is 0 Å². The molecule has 0 spiro atoms. The second kappa shape index (κ2) is 6.96. The minimum absolute atomic E-state index is 0.224. The molecule has 0 saturated carbocycles. The van der Waals surface area contributed by atoms with Crippen molar-refractivity contribution >= 4 is 17.6 Å². The molecule has 0 aliphatic heterocycles. The van der Waals surface area contributed by atoms with Crippen molar-refractivity contribution in [2.24, 2.45) is 7.05 Å². The van der Waals surface area contributed by atoms with Crippen LogP contribution in [0.2, 0.25) is 0 Å². The number of benzene rings is 1. The molecular weight excluding hydrogens is 308 g/mol. The van der Waals surface area contributed by atoms with Crippen LogP contribution in [0.15, 0.2) is 24.3 Å². The normalized spacial score (nSPS) is 11.5. The van der Waals surface area contributed by atoms with Crippen molar-refractivity contribution in [1.82, 2.24) is 9.78 Å². The molecule has 2 rings (SSSR count). The van der Waals surface area contributed by atoms with Gasteiger partial charge in [0.15, 0.2) is 6.10 Å². The van der Waals surface area contributed by atoms with Crippen LogP contribution in [0.25, 0.3) is 0 Å². The van der Waals surface area contributed by atoms with Gasteiger partial charge in [0, 0.05) is 7.05 Å². The lowest BCUT2D eigenvalue weighted by Crippen LogP contribution is -2.30. The maximum Gasteiger partial charge on any atom is 0.338 e. The van der Waals surface area contributed by atoms with E-state index < -0.39 is 18.0 Å². The standard InChI is InChI=1S/C17H18N4O3/c1-10-15(11(2)21(4)20-10)19-16(22)12(3)24-17(23)14-7-5-6-13(8-14)9-18/h5-8,12H,1-4H3,(H,19,22)/t12-/m1/s1. The van der Waals surface area contributed by atoms with Crippen LogP contribution in [-0.2, 0) is 16.6 Å². The smallest absolute Gasteiger partial charge is 0.338 e. The third kappa shape index (κ3) is 3.60. The second-order valence-corrected chi connectivity index (χ2v) is 5.40. The third-order valence-corrected chi connectivity index (χ3v) is 3.64. The van der Waals surface area contributed by atoms with Gasteiger partial charge in [-0.2, -0.15) is 10.4 Å². The Morgan fingerprint density at radius 1 is 1.38 bits per heavy atom. The SMILES string of the molecule is Cc1nn(C)c(C)c1NC(=O)[C@@H](C)OC(=O)c1cccc(C#N)c1. The van der Waals surface area contributed by atoms with Crippen LogP contribution in [-0.4, -0.2) is 27.8 Å². The fraction of sp³-hybridized carbons (Fsp3) is 0.294. The number of anilines is 1. The van der Waals surface area contributed by atoms with E-state index in [1.165, 1.54) is 19.1 Å². The Hall–Kier alpha value is -3.14. The van der Waals surface area contributed by atoms with E-state index in [1.54, 1.807) is 30.8 Å². The van der Waals surface area contributed by atoms with Gasteiger partial charge in [-0.25, -0.2) is 4.79 Å². The quantitative estimate of drug-likeness (QED) is 0.868. The Bertz CT molecular complexity index is 833. The number of hydrogen-bond acceptors (Lipinski definition) is 5. The van der Waals surface area contributed by atoms with Gasteiger partial charge in [0.1, 0.15) is 0 Å². The number of hydrogen-bond donors (Lipinski definition) is 1. The number of aryl methyl sites for hydroxylation is 2. The van der Waals surface area contributed by atoms with E-state index in [9.17, 15) is 9.59 Å². The van der Waals surface area contributed by atoms with E-state index >= 15 is 0 Å². The summed E-state index contributed by atoms with van der Waals surface area (Å²) in [7, 11) is 1.78. The number of nitriles is 1. The summed E-state index contributed by atoms with van der Waals surface area (Å²) in [6.07, 6.45) is -0.984. The summed E-state index contributed by atoms with van der Waals surface area (Å²) in [5.41, 5.74) is 2.67. The van der Waals surface area contributed by atoms with Gasteiger partial charge in [-0.05, 0) is 39.0 Å². The number of ether oxygens (including phenoxy) is 1.